The molecule has 0 radical (unpaired) electrons. The standard InChI is InChI=1S/C17H15FN2O/c1-19-11-12-8-13(18)10-14(9-12)21-17-6-2-5-16-15(17)4-3-7-20-16/h2-10,19H,11H2,1H3. The number of pyridine rings is 1. The van der Waals surface area contributed by atoms with Crippen LogP contribution in [0.15, 0.2) is 54.7 Å². The molecule has 1 aromatic heterocycles. The fourth-order valence-electron chi connectivity index (χ4n) is 2.28. The molecule has 21 heavy (non-hydrogen) atoms. The topological polar surface area (TPSA) is 34.1 Å². The third-order valence-electron chi connectivity index (χ3n) is 3.15. The lowest BCUT2D eigenvalue weighted by atomic mass is 10.2. The molecule has 0 spiro atoms. The van der Waals surface area contributed by atoms with Gasteiger partial charge in [0.15, 0.2) is 0 Å². The molecule has 0 atom stereocenters. The molecular weight excluding hydrogens is 267 g/mol. The Balaban J connectivity index is 1.98. The second-order valence-corrected chi connectivity index (χ2v) is 4.75. The number of nitrogens with one attached hydrogen (secondary N) is 1. The van der Waals surface area contributed by atoms with Crippen molar-refractivity contribution in [2.24, 2.45) is 0 Å². The number of fused-ring (bicyclic) bond motifs is 1. The number of ether oxygens (including phenoxy) is 1. The van der Waals surface area contributed by atoms with E-state index in [-0.39, 0.29) is 5.82 Å². The first-order chi connectivity index (χ1) is 10.3. The first-order valence-corrected chi connectivity index (χ1v) is 6.72. The summed E-state index contributed by atoms with van der Waals surface area (Å²) in [6.07, 6.45) is 1.74. The van der Waals surface area contributed by atoms with E-state index >= 15 is 0 Å². The van der Waals surface area contributed by atoms with E-state index in [0.717, 1.165) is 16.5 Å². The maximum absolute atomic E-state index is 13.6. The van der Waals surface area contributed by atoms with E-state index in [1.165, 1.54) is 12.1 Å². The molecule has 4 heteroatoms. The van der Waals surface area contributed by atoms with Crippen LogP contribution >= 0.6 is 0 Å². The van der Waals surface area contributed by atoms with Gasteiger partial charge in [-0.1, -0.05) is 6.07 Å². The molecule has 0 saturated heterocycles. The van der Waals surface area contributed by atoms with Crippen molar-refractivity contribution in [3.8, 4) is 11.5 Å². The van der Waals surface area contributed by atoms with Crippen LogP contribution in [-0.2, 0) is 6.54 Å². The van der Waals surface area contributed by atoms with Gasteiger partial charge in [0.25, 0.3) is 0 Å². The van der Waals surface area contributed by atoms with E-state index < -0.39 is 0 Å². The van der Waals surface area contributed by atoms with Crippen molar-refractivity contribution in [2.75, 3.05) is 7.05 Å². The number of benzene rings is 2. The molecule has 0 unspecified atom stereocenters. The molecule has 0 bridgehead atoms. The fourth-order valence-corrected chi connectivity index (χ4v) is 2.28. The summed E-state index contributed by atoms with van der Waals surface area (Å²) < 4.78 is 19.5. The Bertz CT molecular complexity index is 768. The van der Waals surface area contributed by atoms with Crippen molar-refractivity contribution in [2.45, 2.75) is 6.54 Å². The number of halogens is 1. The van der Waals surface area contributed by atoms with Crippen LogP contribution in [0, 0.1) is 5.82 Å². The van der Waals surface area contributed by atoms with Crippen LogP contribution in [0.2, 0.25) is 0 Å². The van der Waals surface area contributed by atoms with Crippen molar-refractivity contribution < 1.29 is 9.13 Å². The summed E-state index contributed by atoms with van der Waals surface area (Å²) in [6.45, 7) is 0.589. The smallest absolute Gasteiger partial charge is 0.136 e. The van der Waals surface area contributed by atoms with Crippen LogP contribution in [0.4, 0.5) is 4.39 Å². The number of aromatic nitrogens is 1. The number of rotatable bonds is 4. The van der Waals surface area contributed by atoms with Crippen molar-refractivity contribution in [1.82, 2.24) is 10.3 Å². The van der Waals surface area contributed by atoms with Gasteiger partial charge in [-0.15, -0.1) is 0 Å². The molecule has 0 amide bonds. The van der Waals surface area contributed by atoms with Crippen LogP contribution < -0.4 is 10.1 Å². The Hall–Kier alpha value is -2.46. The molecule has 3 nitrogen and oxygen atoms in total. The number of hydrogen-bond donors (Lipinski definition) is 1. The molecule has 1 heterocycles. The summed E-state index contributed by atoms with van der Waals surface area (Å²) in [5, 5.41) is 3.90. The minimum absolute atomic E-state index is 0.309. The molecule has 3 rings (SSSR count). The Morgan fingerprint density at radius 2 is 2.05 bits per heavy atom. The highest BCUT2D eigenvalue weighted by Gasteiger charge is 2.06. The van der Waals surface area contributed by atoms with E-state index in [4.69, 9.17) is 4.74 Å². The summed E-state index contributed by atoms with van der Waals surface area (Å²) in [6, 6.07) is 14.1. The van der Waals surface area contributed by atoms with E-state index in [9.17, 15) is 4.39 Å². The average molecular weight is 282 g/mol. The Morgan fingerprint density at radius 1 is 1.14 bits per heavy atom. The van der Waals surface area contributed by atoms with E-state index in [1.807, 2.05) is 43.4 Å². The fraction of sp³-hybridized carbons (Fsp3) is 0.118. The summed E-state index contributed by atoms with van der Waals surface area (Å²) in [4.78, 5) is 4.28. The second-order valence-electron chi connectivity index (χ2n) is 4.75. The Labute approximate surface area is 122 Å². The average Bonchev–Trinajstić information content (AvgIpc) is 2.47. The van der Waals surface area contributed by atoms with Crippen LogP contribution in [0.3, 0.4) is 0 Å². The van der Waals surface area contributed by atoms with Crippen LogP contribution in [0.1, 0.15) is 5.56 Å². The molecule has 1 N–H and O–H groups in total. The predicted molar refractivity (Wildman–Crippen MR) is 81.0 cm³/mol. The van der Waals surface area contributed by atoms with Gasteiger partial charge < -0.3 is 10.1 Å². The summed E-state index contributed by atoms with van der Waals surface area (Å²) in [5.41, 5.74) is 1.69. The largest absolute Gasteiger partial charge is 0.457 e. The third-order valence-corrected chi connectivity index (χ3v) is 3.15. The van der Waals surface area contributed by atoms with Crippen LogP contribution in [0.25, 0.3) is 10.9 Å². The highest BCUT2D eigenvalue weighted by atomic mass is 19.1. The van der Waals surface area contributed by atoms with Crippen LogP contribution in [0.5, 0.6) is 11.5 Å². The zero-order valence-corrected chi connectivity index (χ0v) is 11.6. The predicted octanol–water partition coefficient (Wildman–Crippen LogP) is 3.89. The van der Waals surface area contributed by atoms with Gasteiger partial charge in [0, 0.05) is 24.2 Å². The number of hydrogen-bond acceptors (Lipinski definition) is 3. The first-order valence-electron chi connectivity index (χ1n) is 6.72. The quantitative estimate of drug-likeness (QED) is 0.788. The van der Waals surface area contributed by atoms with Gasteiger partial charge >= 0.3 is 0 Å². The molecule has 2 aromatic carbocycles. The van der Waals surface area contributed by atoms with Crippen molar-refractivity contribution in [3.63, 3.8) is 0 Å². The monoisotopic (exact) mass is 282 g/mol. The van der Waals surface area contributed by atoms with Crippen LogP contribution in [-0.4, -0.2) is 12.0 Å². The third kappa shape index (κ3) is 3.01. The molecule has 0 aliphatic rings. The normalized spacial score (nSPS) is 10.8. The van der Waals surface area contributed by atoms with Crippen molar-refractivity contribution in [3.05, 3.63) is 66.1 Å². The Morgan fingerprint density at radius 3 is 2.90 bits per heavy atom. The summed E-state index contributed by atoms with van der Waals surface area (Å²) >= 11 is 0. The summed E-state index contributed by atoms with van der Waals surface area (Å²) in [5.74, 6) is 0.842. The molecule has 0 fully saturated rings. The van der Waals surface area contributed by atoms with Gasteiger partial charge in [-0.25, -0.2) is 4.39 Å². The summed E-state index contributed by atoms with van der Waals surface area (Å²) in [7, 11) is 1.82. The minimum Gasteiger partial charge on any atom is -0.457 e. The van der Waals surface area contributed by atoms with Gasteiger partial charge in [-0.3, -0.25) is 4.98 Å². The van der Waals surface area contributed by atoms with E-state index in [2.05, 4.69) is 10.3 Å². The zero-order valence-electron chi connectivity index (χ0n) is 11.6. The van der Waals surface area contributed by atoms with Gasteiger partial charge in [-0.2, -0.15) is 0 Å². The molecule has 0 aliphatic heterocycles. The van der Waals surface area contributed by atoms with Gasteiger partial charge in [0.1, 0.15) is 17.3 Å². The van der Waals surface area contributed by atoms with Gasteiger partial charge in [-0.05, 0) is 49.0 Å². The SMILES string of the molecule is CNCc1cc(F)cc(Oc2cccc3ncccc23)c1. The lowest BCUT2D eigenvalue weighted by Crippen LogP contribution is -2.05. The lowest BCUT2D eigenvalue weighted by molar-refractivity contribution is 0.480. The zero-order chi connectivity index (χ0) is 14.7. The molecule has 106 valence electrons. The molecule has 0 saturated carbocycles. The van der Waals surface area contributed by atoms with Crippen molar-refractivity contribution in [1.29, 1.82) is 0 Å². The van der Waals surface area contributed by atoms with E-state index in [1.54, 1.807) is 6.20 Å². The number of nitrogens with zero attached hydrogens (tertiary/aromatic N) is 1. The first kappa shape index (κ1) is 13.5. The van der Waals surface area contributed by atoms with E-state index in [0.29, 0.717) is 18.0 Å². The highest BCUT2D eigenvalue weighted by Crippen LogP contribution is 2.29. The second kappa shape index (κ2) is 5.89. The van der Waals surface area contributed by atoms with Gasteiger partial charge in [0.2, 0.25) is 0 Å². The molecular formula is C17H15FN2O. The molecule has 3 aromatic rings. The van der Waals surface area contributed by atoms with Crippen molar-refractivity contribution >= 4 is 10.9 Å². The minimum atomic E-state index is -0.309. The lowest BCUT2D eigenvalue weighted by Gasteiger charge is -2.10. The Kier molecular flexibility index (Phi) is 3.79. The highest BCUT2D eigenvalue weighted by molar-refractivity contribution is 5.85. The maximum atomic E-state index is 13.6. The van der Waals surface area contributed by atoms with Gasteiger partial charge in [0.05, 0.1) is 5.52 Å². The molecule has 0 aliphatic carbocycles. The maximum Gasteiger partial charge on any atom is 0.136 e.